The van der Waals surface area contributed by atoms with Crippen molar-refractivity contribution in [2.75, 3.05) is 36.8 Å². The van der Waals surface area contributed by atoms with Crippen LogP contribution in [0.15, 0.2) is 40.1 Å². The van der Waals surface area contributed by atoms with Gasteiger partial charge in [0.2, 0.25) is 0 Å². The monoisotopic (exact) mass is 542 g/mol. The first-order chi connectivity index (χ1) is 16.9. The van der Waals surface area contributed by atoms with Crippen LogP contribution in [-0.4, -0.2) is 48.8 Å². The van der Waals surface area contributed by atoms with Crippen LogP contribution in [0.3, 0.4) is 0 Å². The van der Waals surface area contributed by atoms with Gasteiger partial charge in [0, 0.05) is 47.0 Å². The summed E-state index contributed by atoms with van der Waals surface area (Å²) >= 11 is 7.37. The molecule has 0 saturated carbocycles. The molecular weight excluding hydrogens is 513 g/mol. The van der Waals surface area contributed by atoms with Crippen LogP contribution >= 0.6 is 23.4 Å². The van der Waals surface area contributed by atoms with E-state index in [1.165, 1.54) is 23.9 Å². The zero-order valence-corrected chi connectivity index (χ0v) is 22.0. The van der Waals surface area contributed by atoms with Crippen LogP contribution in [-0.2, 0) is 10.9 Å². The van der Waals surface area contributed by atoms with Gasteiger partial charge in [-0.1, -0.05) is 23.4 Å². The highest BCUT2D eigenvalue weighted by atomic mass is 35.5. The molecule has 196 valence electrons. The van der Waals surface area contributed by atoms with Gasteiger partial charge in [0.1, 0.15) is 5.60 Å². The van der Waals surface area contributed by atoms with Gasteiger partial charge in [-0.2, -0.15) is 13.2 Å². The Hall–Kier alpha value is -2.30. The average molecular weight is 543 g/mol. The highest BCUT2D eigenvalue weighted by Crippen LogP contribution is 2.50. The number of amides is 1. The predicted octanol–water partition coefficient (Wildman–Crippen LogP) is 6.97. The van der Waals surface area contributed by atoms with Gasteiger partial charge in [-0.3, -0.25) is 0 Å². The molecule has 11 heteroatoms. The number of carbonyl (C=O) groups is 1. The number of halogens is 4. The maximum absolute atomic E-state index is 13.7. The quantitative estimate of drug-likeness (QED) is 0.323. The fourth-order valence-electron chi connectivity index (χ4n) is 4.19. The molecule has 1 fully saturated rings. The normalized spacial score (nSPS) is 16.5. The van der Waals surface area contributed by atoms with Crippen LogP contribution in [0.5, 0.6) is 0 Å². The fraction of sp³-hybridized carbons (Fsp3) is 0.480. The number of ether oxygens (including phenoxy) is 1. The number of fused-ring (bicyclic) bond motifs is 2. The minimum atomic E-state index is -4.45. The fourth-order valence-corrected chi connectivity index (χ4v) is 5.53. The molecule has 3 N–H and O–H groups in total. The Balaban J connectivity index is 1.39. The molecule has 6 nitrogen and oxygen atoms in total. The van der Waals surface area contributed by atoms with Crippen molar-refractivity contribution in [2.45, 2.75) is 61.2 Å². The predicted molar refractivity (Wildman–Crippen MR) is 138 cm³/mol. The standard InChI is InChI=1S/C25H30ClF3N4O2S/c1-24(2,3)35-23(34)30-8-11-33-9-6-17(7-10-33)31-19-12-15(25(27,28)29)13-21-22(19)32-18-5-4-16(26)14-20(18)36-21/h4-5,12-14,17,31-32H,6-11H2,1-3H3,(H,30,34). The molecule has 2 heterocycles. The van der Waals surface area contributed by atoms with Crippen LogP contribution in [0.25, 0.3) is 0 Å². The van der Waals surface area contributed by atoms with Gasteiger partial charge in [-0.25, -0.2) is 4.79 Å². The molecule has 2 aliphatic heterocycles. The van der Waals surface area contributed by atoms with Crippen molar-refractivity contribution >= 4 is 46.5 Å². The van der Waals surface area contributed by atoms with Gasteiger partial charge in [0.05, 0.1) is 22.6 Å². The number of piperidine rings is 1. The van der Waals surface area contributed by atoms with E-state index in [-0.39, 0.29) is 6.04 Å². The second-order valence-corrected chi connectivity index (χ2v) is 11.5. The molecule has 0 atom stereocenters. The first-order valence-corrected chi connectivity index (χ1v) is 13.0. The second-order valence-electron chi connectivity index (χ2n) is 9.95. The van der Waals surface area contributed by atoms with Crippen molar-refractivity contribution in [3.63, 3.8) is 0 Å². The SMILES string of the molecule is CC(C)(C)OC(=O)NCCN1CCC(Nc2cc(C(F)(F)F)cc3c2Nc2ccc(Cl)cc2S3)CC1. The molecule has 1 amide bonds. The smallest absolute Gasteiger partial charge is 0.416 e. The minimum Gasteiger partial charge on any atom is -0.444 e. The number of benzene rings is 2. The van der Waals surface area contributed by atoms with Crippen LogP contribution < -0.4 is 16.0 Å². The number of alkyl carbamates (subject to hydrolysis) is 1. The Morgan fingerprint density at radius 3 is 2.56 bits per heavy atom. The van der Waals surface area contributed by atoms with E-state index < -0.39 is 23.4 Å². The summed E-state index contributed by atoms with van der Waals surface area (Å²) in [5.74, 6) is 0. The Bertz CT molecular complexity index is 1120. The zero-order valence-electron chi connectivity index (χ0n) is 20.4. The lowest BCUT2D eigenvalue weighted by atomic mass is 10.0. The van der Waals surface area contributed by atoms with Gasteiger partial charge in [0.15, 0.2) is 0 Å². The molecule has 0 aliphatic carbocycles. The molecule has 0 aromatic heterocycles. The van der Waals surface area contributed by atoms with Crippen LogP contribution in [0.2, 0.25) is 5.02 Å². The number of anilines is 3. The van der Waals surface area contributed by atoms with Gasteiger partial charge in [0.25, 0.3) is 0 Å². The number of hydrogen-bond acceptors (Lipinski definition) is 6. The summed E-state index contributed by atoms with van der Waals surface area (Å²) in [6.07, 6.45) is -3.35. The third-order valence-corrected chi connectivity index (χ3v) is 7.23. The first-order valence-electron chi connectivity index (χ1n) is 11.8. The summed E-state index contributed by atoms with van der Waals surface area (Å²) in [6.45, 7) is 8.15. The Morgan fingerprint density at radius 1 is 1.17 bits per heavy atom. The topological polar surface area (TPSA) is 65.6 Å². The maximum Gasteiger partial charge on any atom is 0.416 e. The number of nitrogens with zero attached hydrogens (tertiary/aromatic N) is 1. The molecule has 36 heavy (non-hydrogen) atoms. The van der Waals surface area contributed by atoms with Gasteiger partial charge in [-0.05, 0) is 63.9 Å². The van der Waals surface area contributed by atoms with Crippen LogP contribution in [0.1, 0.15) is 39.2 Å². The lowest BCUT2D eigenvalue weighted by Crippen LogP contribution is -2.43. The van der Waals surface area contributed by atoms with E-state index in [1.807, 2.05) is 26.8 Å². The lowest BCUT2D eigenvalue weighted by molar-refractivity contribution is -0.137. The molecule has 0 radical (unpaired) electrons. The molecule has 2 aromatic rings. The summed E-state index contributed by atoms with van der Waals surface area (Å²) in [5.41, 5.74) is 0.671. The number of rotatable bonds is 5. The lowest BCUT2D eigenvalue weighted by Gasteiger charge is -2.34. The largest absolute Gasteiger partial charge is 0.444 e. The van der Waals surface area contributed by atoms with E-state index in [9.17, 15) is 18.0 Å². The number of alkyl halides is 3. The molecule has 2 aromatic carbocycles. The maximum atomic E-state index is 13.7. The summed E-state index contributed by atoms with van der Waals surface area (Å²) in [7, 11) is 0. The first kappa shape index (κ1) is 26.8. The number of hydrogen-bond donors (Lipinski definition) is 3. The molecular formula is C25H30ClF3N4O2S. The number of nitrogens with one attached hydrogen (secondary N) is 3. The summed E-state index contributed by atoms with van der Waals surface area (Å²) in [6, 6.07) is 7.74. The zero-order chi connectivity index (χ0) is 26.1. The minimum absolute atomic E-state index is 0.0334. The Morgan fingerprint density at radius 2 is 1.89 bits per heavy atom. The molecule has 0 bridgehead atoms. The summed E-state index contributed by atoms with van der Waals surface area (Å²) < 4.78 is 46.3. The van der Waals surface area contributed by atoms with Gasteiger partial charge >= 0.3 is 12.3 Å². The highest BCUT2D eigenvalue weighted by molar-refractivity contribution is 7.99. The Kier molecular flexibility index (Phi) is 7.87. The van der Waals surface area contributed by atoms with E-state index in [0.717, 1.165) is 36.5 Å². The molecule has 1 saturated heterocycles. The Labute approximate surface area is 218 Å². The van der Waals surface area contributed by atoms with Crippen molar-refractivity contribution < 1.29 is 22.7 Å². The van der Waals surface area contributed by atoms with Crippen molar-refractivity contribution in [3.05, 3.63) is 40.9 Å². The highest BCUT2D eigenvalue weighted by Gasteiger charge is 2.34. The molecule has 0 spiro atoms. The van der Waals surface area contributed by atoms with Gasteiger partial charge in [-0.15, -0.1) is 0 Å². The summed E-state index contributed by atoms with van der Waals surface area (Å²) in [4.78, 5) is 15.3. The van der Waals surface area contributed by atoms with E-state index >= 15 is 0 Å². The number of likely N-dealkylation sites (tertiary alicyclic amines) is 1. The van der Waals surface area contributed by atoms with E-state index in [4.69, 9.17) is 16.3 Å². The van der Waals surface area contributed by atoms with E-state index in [1.54, 1.807) is 12.1 Å². The van der Waals surface area contributed by atoms with Crippen molar-refractivity contribution in [2.24, 2.45) is 0 Å². The van der Waals surface area contributed by atoms with Crippen LogP contribution in [0, 0.1) is 0 Å². The van der Waals surface area contributed by atoms with Gasteiger partial charge < -0.3 is 25.6 Å². The summed E-state index contributed by atoms with van der Waals surface area (Å²) in [5, 5.41) is 9.95. The third kappa shape index (κ3) is 6.92. The molecule has 0 unspecified atom stereocenters. The van der Waals surface area contributed by atoms with Crippen molar-refractivity contribution in [1.82, 2.24) is 10.2 Å². The van der Waals surface area contributed by atoms with Crippen molar-refractivity contribution in [1.29, 1.82) is 0 Å². The van der Waals surface area contributed by atoms with Crippen molar-refractivity contribution in [3.8, 4) is 0 Å². The number of carbonyl (C=O) groups excluding carboxylic acids is 1. The second kappa shape index (κ2) is 10.6. The molecule has 2 aliphatic rings. The van der Waals surface area contributed by atoms with E-state index in [2.05, 4.69) is 20.9 Å². The third-order valence-electron chi connectivity index (χ3n) is 5.90. The average Bonchev–Trinajstić information content (AvgIpc) is 2.77. The van der Waals surface area contributed by atoms with E-state index in [0.29, 0.717) is 34.4 Å². The van der Waals surface area contributed by atoms with Crippen LogP contribution in [0.4, 0.5) is 35.0 Å². The molecule has 4 rings (SSSR count).